The van der Waals surface area contributed by atoms with Gasteiger partial charge in [0.25, 0.3) is 0 Å². The number of rotatable bonds is 2. The lowest BCUT2D eigenvalue weighted by Crippen LogP contribution is -2.44. The molecule has 0 saturated carbocycles. The zero-order chi connectivity index (χ0) is 16.4. The van der Waals surface area contributed by atoms with E-state index in [9.17, 15) is 13.2 Å². The Hall–Kier alpha value is -1.67. The van der Waals surface area contributed by atoms with Gasteiger partial charge in [-0.25, -0.2) is 0 Å². The molecule has 2 aromatic rings. The first kappa shape index (κ1) is 16.2. The van der Waals surface area contributed by atoms with Gasteiger partial charge in [0.05, 0.1) is 0 Å². The van der Waals surface area contributed by atoms with Crippen LogP contribution in [0.5, 0.6) is 0 Å². The number of nitrogens with zero attached hydrogens (tertiary/aromatic N) is 3. The largest absolute Gasteiger partial charge is 0.435 e. The predicted octanol–water partition coefficient (Wildman–Crippen LogP) is 3.33. The monoisotopic (exact) mass is 386 g/mol. The minimum Gasteiger partial charge on any atom is -0.353 e. The smallest absolute Gasteiger partial charge is 0.353 e. The minimum atomic E-state index is -4.54. The van der Waals surface area contributed by atoms with Crippen molar-refractivity contribution in [2.45, 2.75) is 6.18 Å². The molecule has 0 unspecified atom stereocenters. The van der Waals surface area contributed by atoms with E-state index in [0.29, 0.717) is 24.5 Å². The van der Waals surface area contributed by atoms with Crippen molar-refractivity contribution in [2.24, 2.45) is 0 Å². The van der Waals surface area contributed by atoms with Gasteiger partial charge in [0.1, 0.15) is 0 Å². The van der Waals surface area contributed by atoms with Gasteiger partial charge in [-0.3, -0.25) is 0 Å². The van der Waals surface area contributed by atoms with E-state index >= 15 is 0 Å². The van der Waals surface area contributed by atoms with E-state index in [1.165, 1.54) is 6.07 Å². The Morgan fingerprint density at radius 2 is 1.70 bits per heavy atom. The Balaban J connectivity index is 2.06. The molecule has 1 aromatic heterocycles. The summed E-state index contributed by atoms with van der Waals surface area (Å²) in [5.74, 6) is 0.470. The molecule has 0 atom stereocenters. The van der Waals surface area contributed by atoms with Crippen molar-refractivity contribution in [1.29, 1.82) is 0 Å². The van der Waals surface area contributed by atoms with Crippen LogP contribution >= 0.6 is 15.9 Å². The molecule has 23 heavy (non-hydrogen) atoms. The maximum absolute atomic E-state index is 13.3. The van der Waals surface area contributed by atoms with E-state index in [-0.39, 0.29) is 5.56 Å². The standard InChI is InChI=1S/C15H14BrF3N4/c16-11-3-1-10(2-4-11)12-9-13(23-7-5-20-6-8-23)21-22-14(12)15(17,18)19/h1-4,9,20H,5-8H2. The van der Waals surface area contributed by atoms with Crippen molar-refractivity contribution < 1.29 is 13.2 Å². The highest BCUT2D eigenvalue weighted by atomic mass is 79.9. The van der Waals surface area contributed by atoms with E-state index in [4.69, 9.17) is 0 Å². The van der Waals surface area contributed by atoms with Crippen molar-refractivity contribution in [3.05, 3.63) is 40.5 Å². The van der Waals surface area contributed by atoms with Crippen molar-refractivity contribution in [3.8, 4) is 11.1 Å². The highest BCUT2D eigenvalue weighted by Gasteiger charge is 2.37. The highest BCUT2D eigenvalue weighted by molar-refractivity contribution is 9.10. The molecule has 1 aromatic carbocycles. The molecule has 0 radical (unpaired) electrons. The SMILES string of the molecule is FC(F)(F)c1nnc(N2CCNCC2)cc1-c1ccc(Br)cc1. The maximum atomic E-state index is 13.3. The number of alkyl halides is 3. The summed E-state index contributed by atoms with van der Waals surface area (Å²) >= 11 is 3.29. The maximum Gasteiger partial charge on any atom is 0.435 e. The molecule has 1 aliphatic heterocycles. The van der Waals surface area contributed by atoms with Gasteiger partial charge in [0.15, 0.2) is 11.5 Å². The Bertz CT molecular complexity index is 682. The second kappa shape index (κ2) is 6.45. The van der Waals surface area contributed by atoms with Crippen molar-refractivity contribution in [1.82, 2.24) is 15.5 Å². The van der Waals surface area contributed by atoms with Gasteiger partial charge >= 0.3 is 6.18 Å². The number of benzene rings is 1. The summed E-state index contributed by atoms with van der Waals surface area (Å²) in [5.41, 5.74) is -0.445. The van der Waals surface area contributed by atoms with E-state index in [2.05, 4.69) is 31.4 Å². The van der Waals surface area contributed by atoms with Gasteiger partial charge in [0.2, 0.25) is 0 Å². The summed E-state index contributed by atoms with van der Waals surface area (Å²) in [6.45, 7) is 2.94. The summed E-state index contributed by atoms with van der Waals surface area (Å²) in [6.07, 6.45) is -4.54. The zero-order valence-corrected chi connectivity index (χ0v) is 13.7. The molecule has 122 valence electrons. The summed E-state index contributed by atoms with van der Waals surface area (Å²) < 4.78 is 40.6. The number of piperazine rings is 1. The van der Waals surface area contributed by atoms with Crippen LogP contribution in [0.1, 0.15) is 5.69 Å². The third-order valence-electron chi connectivity index (χ3n) is 3.65. The molecular formula is C15H14BrF3N4. The lowest BCUT2D eigenvalue weighted by Gasteiger charge is -2.28. The second-order valence-corrected chi connectivity index (χ2v) is 6.12. The molecule has 2 heterocycles. The molecule has 4 nitrogen and oxygen atoms in total. The molecule has 0 amide bonds. The van der Waals surface area contributed by atoms with Crippen molar-refractivity contribution in [3.63, 3.8) is 0 Å². The molecule has 8 heteroatoms. The molecule has 0 bridgehead atoms. The van der Waals surface area contributed by atoms with Crippen LogP contribution < -0.4 is 10.2 Å². The molecule has 1 aliphatic rings. The number of aromatic nitrogens is 2. The minimum absolute atomic E-state index is 0.0496. The predicted molar refractivity (Wildman–Crippen MR) is 85.3 cm³/mol. The van der Waals surface area contributed by atoms with Crippen LogP contribution in [0.4, 0.5) is 19.0 Å². The molecule has 0 spiro atoms. The average molecular weight is 387 g/mol. The number of hydrogen-bond acceptors (Lipinski definition) is 4. The molecule has 3 rings (SSSR count). The van der Waals surface area contributed by atoms with E-state index in [0.717, 1.165) is 17.6 Å². The van der Waals surface area contributed by atoms with E-state index in [1.807, 2.05) is 4.90 Å². The van der Waals surface area contributed by atoms with E-state index in [1.54, 1.807) is 24.3 Å². The summed E-state index contributed by atoms with van der Waals surface area (Å²) in [5, 5.41) is 10.5. The summed E-state index contributed by atoms with van der Waals surface area (Å²) in [4.78, 5) is 1.94. The first-order valence-corrected chi connectivity index (χ1v) is 7.91. The molecular weight excluding hydrogens is 373 g/mol. The quantitative estimate of drug-likeness (QED) is 0.859. The first-order valence-electron chi connectivity index (χ1n) is 7.12. The third kappa shape index (κ3) is 3.64. The lowest BCUT2D eigenvalue weighted by molar-refractivity contribution is -0.141. The number of anilines is 1. The summed E-state index contributed by atoms with van der Waals surface area (Å²) in [7, 11) is 0. The Kier molecular flexibility index (Phi) is 4.54. The molecule has 1 fully saturated rings. The Labute approximate surface area is 139 Å². The molecule has 0 aliphatic carbocycles. The first-order chi connectivity index (χ1) is 10.9. The van der Waals surface area contributed by atoms with Gasteiger partial charge < -0.3 is 10.2 Å². The Morgan fingerprint density at radius 1 is 1.04 bits per heavy atom. The fourth-order valence-electron chi connectivity index (χ4n) is 2.49. The fraction of sp³-hybridized carbons (Fsp3) is 0.333. The van der Waals surface area contributed by atoms with Gasteiger partial charge in [-0.2, -0.15) is 13.2 Å². The van der Waals surface area contributed by atoms with Crippen LogP contribution in [-0.4, -0.2) is 36.4 Å². The number of halogens is 4. The second-order valence-electron chi connectivity index (χ2n) is 5.21. The van der Waals surface area contributed by atoms with Crippen molar-refractivity contribution >= 4 is 21.7 Å². The topological polar surface area (TPSA) is 41.1 Å². The summed E-state index contributed by atoms with van der Waals surface area (Å²) in [6, 6.07) is 8.17. The molecule has 1 saturated heterocycles. The third-order valence-corrected chi connectivity index (χ3v) is 4.17. The van der Waals surface area contributed by atoms with Crippen LogP contribution in [0, 0.1) is 0 Å². The van der Waals surface area contributed by atoms with Gasteiger partial charge in [-0.15, -0.1) is 10.2 Å². The van der Waals surface area contributed by atoms with Crippen LogP contribution in [0.25, 0.3) is 11.1 Å². The number of hydrogen-bond donors (Lipinski definition) is 1. The van der Waals surface area contributed by atoms with Crippen molar-refractivity contribution in [2.75, 3.05) is 31.1 Å². The molecule has 1 N–H and O–H groups in total. The van der Waals surface area contributed by atoms with Gasteiger partial charge in [0, 0.05) is 36.2 Å². The van der Waals surface area contributed by atoms with Crippen LogP contribution in [0.3, 0.4) is 0 Å². The van der Waals surface area contributed by atoms with Crippen LogP contribution in [0.15, 0.2) is 34.8 Å². The van der Waals surface area contributed by atoms with Crippen LogP contribution in [-0.2, 0) is 6.18 Å². The average Bonchev–Trinajstić information content (AvgIpc) is 2.55. The number of nitrogens with one attached hydrogen (secondary N) is 1. The lowest BCUT2D eigenvalue weighted by atomic mass is 10.0. The zero-order valence-electron chi connectivity index (χ0n) is 12.1. The van der Waals surface area contributed by atoms with E-state index < -0.39 is 11.9 Å². The normalized spacial score (nSPS) is 15.7. The Morgan fingerprint density at radius 3 is 2.30 bits per heavy atom. The van der Waals surface area contributed by atoms with Crippen LogP contribution in [0.2, 0.25) is 0 Å². The fourth-order valence-corrected chi connectivity index (χ4v) is 2.75. The van der Waals surface area contributed by atoms with Gasteiger partial charge in [-0.1, -0.05) is 28.1 Å². The van der Waals surface area contributed by atoms with Gasteiger partial charge in [-0.05, 0) is 23.8 Å². The highest BCUT2D eigenvalue weighted by Crippen LogP contribution is 2.37.